The van der Waals surface area contributed by atoms with Crippen molar-refractivity contribution in [2.45, 2.75) is 0 Å². The SMILES string of the molecule is [Nb+5].[O-2].[O-2].[O-2].[Ta+5].[Ti+4]. The van der Waals surface area contributed by atoms with E-state index in [2.05, 4.69) is 0 Å². The first-order valence-corrected chi connectivity index (χ1v) is 0. The molecule has 0 heterocycles. The topological polar surface area (TPSA) is 85.5 Å². The fourth-order valence-electron chi connectivity index (χ4n) is 0. The maximum Gasteiger partial charge on any atom is 5.00 e. The van der Waals surface area contributed by atoms with Gasteiger partial charge in [-0.3, -0.25) is 0 Å². The third kappa shape index (κ3) is 36.3. The molecular formula is NbO3TaTi+8. The molecule has 0 fully saturated rings. The van der Waals surface area contributed by atoms with E-state index in [0.717, 1.165) is 0 Å². The minimum atomic E-state index is 0. The molecule has 0 spiro atoms. The molecule has 0 saturated carbocycles. The van der Waals surface area contributed by atoms with Gasteiger partial charge < -0.3 is 16.4 Å². The Bertz CT molecular complexity index is 10.8. The Morgan fingerprint density at radius 1 is 0.667 bits per heavy atom. The monoisotopic (exact) mass is 370 g/mol. The summed E-state index contributed by atoms with van der Waals surface area (Å²) in [4.78, 5) is 0. The summed E-state index contributed by atoms with van der Waals surface area (Å²) in [6, 6.07) is 0. The van der Waals surface area contributed by atoms with Gasteiger partial charge in [0.2, 0.25) is 0 Å². The Morgan fingerprint density at radius 3 is 0.667 bits per heavy atom. The summed E-state index contributed by atoms with van der Waals surface area (Å²) < 4.78 is 0. The molecule has 6 heteroatoms. The van der Waals surface area contributed by atoms with Gasteiger partial charge >= 0.3 is 66.5 Å². The Kier molecular flexibility index (Phi) is 949. The standard InChI is InChI=1S/Nb.3O.Ta.Ti/q+5;3*-2;+5;+4. The first kappa shape index (κ1) is 93.9. The maximum atomic E-state index is 0. The average Bonchev–Trinajstić information content (AvgIpc) is 0. The predicted molar refractivity (Wildman–Crippen MR) is 2.06 cm³/mol. The number of hydrogen-bond acceptors (Lipinski definition) is 0. The zero-order valence-electron chi connectivity index (χ0n) is 2.62. The quantitative estimate of drug-likeness (QED) is 0.522. The van der Waals surface area contributed by atoms with Gasteiger partial charge in [-0.15, -0.1) is 0 Å². The Morgan fingerprint density at radius 2 is 0.667 bits per heavy atom. The molecule has 0 unspecified atom stereocenters. The van der Waals surface area contributed by atoms with Gasteiger partial charge in [-0.1, -0.05) is 0 Å². The summed E-state index contributed by atoms with van der Waals surface area (Å²) in [6.45, 7) is 0. The Balaban J connectivity index is 0. The fraction of sp³-hybridized carbons (Fsp3) is 0. The minimum Gasteiger partial charge on any atom is -2.00 e. The van der Waals surface area contributed by atoms with Crippen LogP contribution in [0.15, 0.2) is 0 Å². The van der Waals surface area contributed by atoms with E-state index >= 15 is 0 Å². The van der Waals surface area contributed by atoms with Crippen LogP contribution in [0.4, 0.5) is 0 Å². The Hall–Kier alpha value is 2.07. The molecule has 0 N–H and O–H groups in total. The first-order valence-electron chi connectivity index (χ1n) is 0. The second kappa shape index (κ2) is 60.6. The molecule has 0 aliphatic heterocycles. The van der Waals surface area contributed by atoms with Crippen LogP contribution in [0.5, 0.6) is 0 Å². The second-order valence-corrected chi connectivity index (χ2v) is 0. The molecule has 0 radical (unpaired) electrons. The van der Waals surface area contributed by atoms with Crippen molar-refractivity contribution in [1.29, 1.82) is 0 Å². The molecule has 0 aliphatic carbocycles. The van der Waals surface area contributed by atoms with E-state index in [1.54, 1.807) is 0 Å². The summed E-state index contributed by atoms with van der Waals surface area (Å²) in [6.07, 6.45) is 0. The van der Waals surface area contributed by atoms with Gasteiger partial charge in [-0.2, -0.15) is 0 Å². The minimum absolute atomic E-state index is 0. The zero-order valence-corrected chi connectivity index (χ0v) is 9.59. The summed E-state index contributed by atoms with van der Waals surface area (Å²) in [5.41, 5.74) is 0. The third-order valence-electron chi connectivity index (χ3n) is 0. The van der Waals surface area contributed by atoms with E-state index in [9.17, 15) is 0 Å². The van der Waals surface area contributed by atoms with E-state index in [1.807, 2.05) is 0 Å². The van der Waals surface area contributed by atoms with Crippen LogP contribution in [-0.4, -0.2) is 0 Å². The molecular weight excluding hydrogens is 370 g/mol. The van der Waals surface area contributed by atoms with Gasteiger partial charge in [-0.25, -0.2) is 0 Å². The molecule has 0 aromatic rings. The zero-order chi connectivity index (χ0) is 0. The van der Waals surface area contributed by atoms with Gasteiger partial charge in [0, 0.05) is 0 Å². The number of rotatable bonds is 0. The molecule has 3 nitrogen and oxygen atoms in total. The molecule has 0 atom stereocenters. The summed E-state index contributed by atoms with van der Waals surface area (Å²) in [5, 5.41) is 0. The van der Waals surface area contributed by atoms with Crippen LogP contribution in [-0.2, 0) is 82.9 Å². The van der Waals surface area contributed by atoms with E-state index < -0.39 is 0 Å². The van der Waals surface area contributed by atoms with Gasteiger partial charge in [0.05, 0.1) is 0 Å². The summed E-state index contributed by atoms with van der Waals surface area (Å²) in [7, 11) is 0. The number of hydrogen-bond donors (Lipinski definition) is 0. The molecule has 24 valence electrons. The van der Waals surface area contributed by atoms with Crippen molar-refractivity contribution >= 4 is 0 Å². The molecule has 0 aliphatic rings. The van der Waals surface area contributed by atoms with Crippen molar-refractivity contribution in [3.05, 3.63) is 0 Å². The molecule has 0 amide bonds. The van der Waals surface area contributed by atoms with Crippen LogP contribution in [0.1, 0.15) is 0 Å². The molecule has 0 rings (SSSR count). The van der Waals surface area contributed by atoms with Gasteiger partial charge in [0.1, 0.15) is 0 Å². The van der Waals surface area contributed by atoms with Crippen LogP contribution < -0.4 is 0 Å². The van der Waals surface area contributed by atoms with Crippen LogP contribution in [0.2, 0.25) is 0 Å². The smallest absolute Gasteiger partial charge is 2.00 e. The Labute approximate surface area is 82.1 Å². The second-order valence-electron chi connectivity index (χ2n) is 0. The van der Waals surface area contributed by atoms with E-state index in [4.69, 9.17) is 0 Å². The van der Waals surface area contributed by atoms with E-state index in [-0.39, 0.29) is 82.9 Å². The fourth-order valence-corrected chi connectivity index (χ4v) is 0. The van der Waals surface area contributed by atoms with Crippen LogP contribution in [0.25, 0.3) is 0 Å². The predicted octanol–water partition coefficient (Wildman–Crippen LogP) is -0.364. The largest absolute Gasteiger partial charge is 5.00 e. The van der Waals surface area contributed by atoms with E-state index in [0.29, 0.717) is 0 Å². The van der Waals surface area contributed by atoms with Crippen LogP contribution >= 0.6 is 0 Å². The summed E-state index contributed by atoms with van der Waals surface area (Å²) >= 11 is 0. The van der Waals surface area contributed by atoms with Crippen molar-refractivity contribution in [2.75, 3.05) is 0 Å². The molecule has 0 aromatic carbocycles. The van der Waals surface area contributed by atoms with E-state index in [1.165, 1.54) is 0 Å². The summed E-state index contributed by atoms with van der Waals surface area (Å²) in [5.74, 6) is 0. The van der Waals surface area contributed by atoms with Gasteiger partial charge in [0.25, 0.3) is 0 Å². The maximum absolute atomic E-state index is 0. The van der Waals surface area contributed by atoms with Crippen LogP contribution in [0, 0.1) is 0 Å². The normalized spacial score (nSPS) is 0. The first-order chi connectivity index (χ1) is 0. The van der Waals surface area contributed by atoms with Crippen LogP contribution in [0.3, 0.4) is 0 Å². The van der Waals surface area contributed by atoms with Crippen molar-refractivity contribution in [1.82, 2.24) is 0 Å². The third-order valence-corrected chi connectivity index (χ3v) is 0. The van der Waals surface area contributed by atoms with Gasteiger partial charge in [0.15, 0.2) is 0 Å². The van der Waals surface area contributed by atoms with Gasteiger partial charge in [-0.05, 0) is 0 Å². The van der Waals surface area contributed by atoms with Crippen molar-refractivity contribution in [2.24, 2.45) is 0 Å². The average molecular weight is 370 g/mol. The molecule has 0 bridgehead atoms. The molecule has 6 heavy (non-hydrogen) atoms. The van der Waals surface area contributed by atoms with Crippen molar-refractivity contribution in [3.63, 3.8) is 0 Å². The molecule has 0 saturated heterocycles. The van der Waals surface area contributed by atoms with Crippen molar-refractivity contribution in [3.8, 4) is 0 Å². The van der Waals surface area contributed by atoms with Crippen molar-refractivity contribution < 1.29 is 82.9 Å². The molecule has 0 aromatic heterocycles.